The molecule has 90 valence electrons. The Balaban J connectivity index is 2.98. The number of aromatic nitrogens is 1. The third-order valence-corrected chi connectivity index (χ3v) is 3.17. The molecule has 1 aromatic heterocycles. The van der Waals surface area contributed by atoms with Crippen LogP contribution in [-0.4, -0.2) is 39.8 Å². The highest BCUT2D eigenvalue weighted by atomic mass is 32.1. The molecule has 0 fully saturated rings. The van der Waals surface area contributed by atoms with E-state index in [1.807, 2.05) is 26.0 Å². The lowest BCUT2D eigenvalue weighted by Gasteiger charge is -2.04. The van der Waals surface area contributed by atoms with Crippen LogP contribution in [0.4, 0.5) is 5.13 Å². The Bertz CT molecular complexity index is 371. The number of nitrogens with one attached hydrogen (secondary N) is 1. The Morgan fingerprint density at radius 3 is 2.75 bits per heavy atom. The molecule has 0 saturated carbocycles. The molecule has 1 rings (SSSR count). The van der Waals surface area contributed by atoms with Crippen LogP contribution in [0.2, 0.25) is 0 Å². The van der Waals surface area contributed by atoms with Crippen LogP contribution in [0.15, 0.2) is 5.57 Å². The lowest BCUT2D eigenvalue weighted by molar-refractivity contribution is 0.400. The molecule has 0 bridgehead atoms. The number of hydrogen-bond acceptors (Lipinski definition) is 5. The van der Waals surface area contributed by atoms with Crippen molar-refractivity contribution in [2.24, 2.45) is 0 Å². The third-order valence-electron chi connectivity index (χ3n) is 2.02. The highest BCUT2D eigenvalue weighted by Crippen LogP contribution is 2.32. The molecule has 0 spiro atoms. The maximum atomic E-state index is 5.26. The number of ether oxygens (including phenoxy) is 1. The van der Waals surface area contributed by atoms with E-state index in [1.54, 1.807) is 18.4 Å². The predicted molar refractivity (Wildman–Crippen MR) is 70.6 cm³/mol. The van der Waals surface area contributed by atoms with Gasteiger partial charge in [-0.25, -0.2) is 0 Å². The topological polar surface area (TPSA) is 37.4 Å². The van der Waals surface area contributed by atoms with Crippen molar-refractivity contribution in [2.45, 2.75) is 6.92 Å². The predicted octanol–water partition coefficient (Wildman–Crippen LogP) is 1.84. The Morgan fingerprint density at radius 2 is 2.25 bits per heavy atom. The highest BCUT2D eigenvalue weighted by molar-refractivity contribution is 7.16. The van der Waals surface area contributed by atoms with E-state index in [0.29, 0.717) is 5.88 Å². The van der Waals surface area contributed by atoms with Crippen LogP contribution >= 0.6 is 11.3 Å². The molecule has 0 radical (unpaired) electrons. The average Bonchev–Trinajstić information content (AvgIpc) is 2.61. The van der Waals surface area contributed by atoms with Crippen molar-refractivity contribution < 1.29 is 4.74 Å². The maximum Gasteiger partial charge on any atom is 0.233 e. The van der Waals surface area contributed by atoms with Gasteiger partial charge in [0.05, 0.1) is 12.0 Å². The number of hydrogen-bond donors (Lipinski definition) is 1. The van der Waals surface area contributed by atoms with Gasteiger partial charge in [-0.3, -0.25) is 0 Å². The van der Waals surface area contributed by atoms with Crippen molar-refractivity contribution in [3.63, 3.8) is 0 Å². The minimum Gasteiger partial charge on any atom is -0.480 e. The molecule has 0 unspecified atom stereocenters. The standard InChI is InChI=1S/C11H19N3OS/c1-8(7-12-2)6-9-10(15-5)13-11(16-9)14(3)4/h6,12H,7H2,1-5H3. The summed E-state index contributed by atoms with van der Waals surface area (Å²) in [6, 6.07) is 0. The van der Waals surface area contributed by atoms with Crippen molar-refractivity contribution in [3.05, 3.63) is 10.5 Å². The van der Waals surface area contributed by atoms with E-state index in [-0.39, 0.29) is 0 Å². The number of methoxy groups -OCH3 is 1. The smallest absolute Gasteiger partial charge is 0.233 e. The third kappa shape index (κ3) is 3.21. The zero-order chi connectivity index (χ0) is 12.1. The van der Waals surface area contributed by atoms with Gasteiger partial charge >= 0.3 is 0 Å². The summed E-state index contributed by atoms with van der Waals surface area (Å²) in [5.41, 5.74) is 1.26. The molecule has 0 aliphatic rings. The Morgan fingerprint density at radius 1 is 1.56 bits per heavy atom. The van der Waals surface area contributed by atoms with Gasteiger partial charge in [0.15, 0.2) is 5.13 Å². The number of likely N-dealkylation sites (N-methyl/N-ethyl adjacent to an activating group) is 1. The van der Waals surface area contributed by atoms with Crippen LogP contribution in [0.25, 0.3) is 6.08 Å². The lowest BCUT2D eigenvalue weighted by atomic mass is 10.2. The molecule has 5 heteroatoms. The number of anilines is 1. The van der Waals surface area contributed by atoms with Gasteiger partial charge in [0.2, 0.25) is 5.88 Å². The summed E-state index contributed by atoms with van der Waals surface area (Å²) in [5.74, 6) is 0.698. The van der Waals surface area contributed by atoms with E-state index >= 15 is 0 Å². The fraction of sp³-hybridized carbons (Fsp3) is 0.545. The second-order valence-electron chi connectivity index (χ2n) is 3.79. The summed E-state index contributed by atoms with van der Waals surface area (Å²) in [6.07, 6.45) is 2.11. The van der Waals surface area contributed by atoms with E-state index < -0.39 is 0 Å². The molecule has 0 aliphatic carbocycles. The molecular weight excluding hydrogens is 222 g/mol. The van der Waals surface area contributed by atoms with E-state index in [4.69, 9.17) is 4.74 Å². The van der Waals surface area contributed by atoms with Gasteiger partial charge in [-0.05, 0) is 20.0 Å². The van der Waals surface area contributed by atoms with Crippen LogP contribution in [0.5, 0.6) is 5.88 Å². The summed E-state index contributed by atoms with van der Waals surface area (Å²) >= 11 is 1.63. The molecule has 0 saturated heterocycles. The monoisotopic (exact) mass is 241 g/mol. The molecule has 1 N–H and O–H groups in total. The van der Waals surface area contributed by atoms with E-state index in [9.17, 15) is 0 Å². The van der Waals surface area contributed by atoms with Gasteiger partial charge in [-0.2, -0.15) is 4.98 Å². The number of rotatable bonds is 5. The van der Waals surface area contributed by atoms with Crippen molar-refractivity contribution in [2.75, 3.05) is 39.7 Å². The Hall–Kier alpha value is -1.07. The van der Waals surface area contributed by atoms with Crippen LogP contribution in [-0.2, 0) is 0 Å². The second-order valence-corrected chi connectivity index (χ2v) is 4.79. The number of thiazole rings is 1. The van der Waals surface area contributed by atoms with Crippen LogP contribution in [0.1, 0.15) is 11.8 Å². The Kier molecular flexibility index (Phi) is 4.76. The van der Waals surface area contributed by atoms with E-state index in [0.717, 1.165) is 16.6 Å². The Labute approximate surface area is 101 Å². The zero-order valence-corrected chi connectivity index (χ0v) is 11.3. The van der Waals surface area contributed by atoms with Gasteiger partial charge in [-0.1, -0.05) is 16.9 Å². The first kappa shape index (κ1) is 13.0. The molecular formula is C11H19N3OS. The molecule has 4 nitrogen and oxygen atoms in total. The minimum atomic E-state index is 0.698. The van der Waals surface area contributed by atoms with Crippen LogP contribution in [0.3, 0.4) is 0 Å². The summed E-state index contributed by atoms with van der Waals surface area (Å²) in [6.45, 7) is 2.96. The van der Waals surface area contributed by atoms with Gasteiger partial charge in [0.25, 0.3) is 0 Å². The van der Waals surface area contributed by atoms with E-state index in [1.165, 1.54) is 5.57 Å². The fourth-order valence-electron chi connectivity index (χ4n) is 1.29. The SMILES string of the molecule is CNCC(C)=Cc1sc(N(C)C)nc1OC. The van der Waals surface area contributed by atoms with Gasteiger partial charge in [0.1, 0.15) is 0 Å². The normalized spacial score (nSPS) is 11.7. The molecule has 1 aromatic rings. The molecule has 0 atom stereocenters. The van der Waals surface area contributed by atoms with Crippen molar-refractivity contribution in [3.8, 4) is 5.88 Å². The quantitative estimate of drug-likeness (QED) is 0.853. The van der Waals surface area contributed by atoms with Crippen molar-refractivity contribution in [1.29, 1.82) is 0 Å². The summed E-state index contributed by atoms with van der Waals surface area (Å²) < 4.78 is 5.26. The van der Waals surface area contributed by atoms with Gasteiger partial charge < -0.3 is 15.0 Å². The molecule has 16 heavy (non-hydrogen) atoms. The lowest BCUT2D eigenvalue weighted by Crippen LogP contribution is -2.08. The molecule has 0 amide bonds. The maximum absolute atomic E-state index is 5.26. The largest absolute Gasteiger partial charge is 0.480 e. The fourth-order valence-corrected chi connectivity index (χ4v) is 2.27. The molecule has 0 aliphatic heterocycles. The van der Waals surface area contributed by atoms with Gasteiger partial charge in [0, 0.05) is 20.6 Å². The highest BCUT2D eigenvalue weighted by Gasteiger charge is 2.11. The summed E-state index contributed by atoms with van der Waals surface area (Å²) in [4.78, 5) is 7.45. The first-order valence-corrected chi connectivity index (χ1v) is 5.94. The van der Waals surface area contributed by atoms with Crippen LogP contribution in [0, 0.1) is 0 Å². The zero-order valence-electron chi connectivity index (χ0n) is 10.5. The first-order valence-electron chi connectivity index (χ1n) is 5.12. The first-order chi connectivity index (χ1) is 7.58. The molecule has 0 aromatic carbocycles. The minimum absolute atomic E-state index is 0.698. The summed E-state index contributed by atoms with van der Waals surface area (Å²) in [5, 5.41) is 4.08. The average molecular weight is 241 g/mol. The van der Waals surface area contributed by atoms with Crippen molar-refractivity contribution in [1.82, 2.24) is 10.3 Å². The van der Waals surface area contributed by atoms with E-state index in [2.05, 4.69) is 23.3 Å². The number of nitrogens with zero attached hydrogens (tertiary/aromatic N) is 2. The second kappa shape index (κ2) is 5.86. The summed E-state index contributed by atoms with van der Waals surface area (Å²) in [7, 11) is 7.55. The molecule has 1 heterocycles. The van der Waals surface area contributed by atoms with Crippen LogP contribution < -0.4 is 15.0 Å². The van der Waals surface area contributed by atoms with Gasteiger partial charge in [-0.15, -0.1) is 0 Å². The van der Waals surface area contributed by atoms with Crippen molar-refractivity contribution >= 4 is 22.5 Å².